The van der Waals surface area contributed by atoms with Crippen LogP contribution < -0.4 is 4.74 Å². The van der Waals surface area contributed by atoms with Crippen LogP contribution in [0.4, 0.5) is 0 Å². The molecule has 0 N–H and O–H groups in total. The largest absolute Gasteiger partial charge is 0.457 e. The van der Waals surface area contributed by atoms with Gasteiger partial charge in [0.05, 0.1) is 10.8 Å². The van der Waals surface area contributed by atoms with Gasteiger partial charge in [0.25, 0.3) is 0 Å². The van der Waals surface area contributed by atoms with E-state index in [1.54, 1.807) is 0 Å². The van der Waals surface area contributed by atoms with Crippen molar-refractivity contribution in [2.75, 3.05) is 0 Å². The summed E-state index contributed by atoms with van der Waals surface area (Å²) in [6.45, 7) is 2.26. The Balaban J connectivity index is 1.06. The average Bonchev–Trinajstić information content (AvgIpc) is 3.73. The molecule has 0 saturated carbocycles. The van der Waals surface area contributed by atoms with E-state index >= 15 is 0 Å². The molecule has 1 atom stereocenters. The first-order chi connectivity index (χ1) is 27.7. The Hall–Kier alpha value is -6.96. The van der Waals surface area contributed by atoms with Gasteiger partial charge in [0.15, 0.2) is 0 Å². The van der Waals surface area contributed by atoms with Crippen molar-refractivity contribution in [2.24, 2.45) is 0 Å². The van der Waals surface area contributed by atoms with Crippen LogP contribution in [0.15, 0.2) is 200 Å². The number of benzene rings is 9. The fraction of sp³-hybridized carbons (Fsp3) is 0.0545. The van der Waals surface area contributed by atoms with Crippen molar-refractivity contribution in [3.05, 3.63) is 250 Å². The molecular weight excluding hydrogens is 677 g/mol. The van der Waals surface area contributed by atoms with Crippen molar-refractivity contribution < 1.29 is 4.74 Å². The Bertz CT molecular complexity index is 3030. The van der Waals surface area contributed by atoms with Crippen LogP contribution in [0.2, 0.25) is 0 Å². The minimum Gasteiger partial charge on any atom is -0.457 e. The van der Waals surface area contributed by atoms with E-state index < -0.39 is 10.8 Å². The van der Waals surface area contributed by atoms with E-state index in [4.69, 9.17) is 4.74 Å². The fourth-order valence-corrected chi connectivity index (χ4v) is 10.8. The van der Waals surface area contributed by atoms with Crippen molar-refractivity contribution in [2.45, 2.75) is 17.8 Å². The molecule has 12 rings (SSSR count). The summed E-state index contributed by atoms with van der Waals surface area (Å²) in [5.74, 6) is 1.81. The molecular formula is C55H36O. The number of fused-ring (bicyclic) bond motifs is 14. The molecule has 9 aromatic rings. The summed E-state index contributed by atoms with van der Waals surface area (Å²) in [7, 11) is 0. The third-order valence-electron chi connectivity index (χ3n) is 13.0. The number of hydrogen-bond donors (Lipinski definition) is 0. The van der Waals surface area contributed by atoms with Gasteiger partial charge in [-0.2, -0.15) is 0 Å². The quantitative estimate of drug-likeness (QED) is 0.177. The monoisotopic (exact) mass is 712 g/mol. The molecule has 0 radical (unpaired) electrons. The van der Waals surface area contributed by atoms with Gasteiger partial charge in [0.1, 0.15) is 11.5 Å². The molecule has 2 aliphatic carbocycles. The van der Waals surface area contributed by atoms with Gasteiger partial charge in [0.2, 0.25) is 0 Å². The first kappa shape index (κ1) is 31.4. The van der Waals surface area contributed by atoms with E-state index in [0.29, 0.717) is 0 Å². The molecule has 9 aromatic carbocycles. The van der Waals surface area contributed by atoms with Gasteiger partial charge in [-0.25, -0.2) is 0 Å². The van der Waals surface area contributed by atoms with Crippen LogP contribution in [0.5, 0.6) is 11.5 Å². The topological polar surface area (TPSA) is 9.23 Å². The van der Waals surface area contributed by atoms with Crippen molar-refractivity contribution in [3.8, 4) is 44.9 Å². The van der Waals surface area contributed by atoms with Crippen molar-refractivity contribution in [1.29, 1.82) is 0 Å². The fourth-order valence-electron chi connectivity index (χ4n) is 10.8. The smallest absolute Gasteiger partial charge is 0.132 e. The first-order valence-electron chi connectivity index (χ1n) is 19.6. The van der Waals surface area contributed by atoms with Crippen LogP contribution >= 0.6 is 0 Å². The third-order valence-corrected chi connectivity index (χ3v) is 13.0. The molecule has 262 valence electrons. The highest BCUT2D eigenvalue weighted by Crippen LogP contribution is 2.63. The summed E-state index contributed by atoms with van der Waals surface area (Å²) in [5, 5.41) is 2.55. The Morgan fingerprint density at radius 3 is 1.61 bits per heavy atom. The molecule has 0 saturated heterocycles. The summed E-state index contributed by atoms with van der Waals surface area (Å²) < 4.78 is 6.87. The number of ether oxygens (including phenoxy) is 1. The van der Waals surface area contributed by atoms with E-state index in [9.17, 15) is 0 Å². The van der Waals surface area contributed by atoms with Crippen molar-refractivity contribution >= 4 is 10.8 Å². The number of rotatable bonds is 3. The minimum atomic E-state index is -0.491. The zero-order valence-corrected chi connectivity index (χ0v) is 31.0. The Kier molecular flexibility index (Phi) is 6.46. The molecule has 0 fully saturated rings. The molecule has 1 aliphatic heterocycles. The predicted molar refractivity (Wildman–Crippen MR) is 229 cm³/mol. The summed E-state index contributed by atoms with van der Waals surface area (Å²) in [4.78, 5) is 0. The first-order valence-corrected chi connectivity index (χ1v) is 19.6. The zero-order chi connectivity index (χ0) is 37.0. The van der Waals surface area contributed by atoms with Crippen LogP contribution in [0, 0.1) is 6.92 Å². The maximum atomic E-state index is 6.87. The van der Waals surface area contributed by atoms with Crippen LogP contribution in [-0.2, 0) is 10.8 Å². The molecule has 3 aliphatic rings. The lowest BCUT2D eigenvalue weighted by Gasteiger charge is -2.39. The van der Waals surface area contributed by atoms with Gasteiger partial charge >= 0.3 is 0 Å². The SMILES string of the molecule is Cc1ccccc1C1(c2ccc(-c3ccc4c(c3)Oc3ccccc3C43c4ccccc4-c4ccccc43)cc2)c2ccccc2-c2ccc3ccccc3c21. The molecule has 1 heterocycles. The van der Waals surface area contributed by atoms with Crippen LogP contribution in [-0.4, -0.2) is 0 Å². The second kappa shape index (κ2) is 11.5. The van der Waals surface area contributed by atoms with Gasteiger partial charge in [-0.15, -0.1) is 0 Å². The molecule has 0 bridgehead atoms. The Labute approximate surface area is 327 Å². The van der Waals surface area contributed by atoms with E-state index in [1.165, 1.54) is 83.1 Å². The zero-order valence-electron chi connectivity index (χ0n) is 31.0. The van der Waals surface area contributed by atoms with Gasteiger partial charge in [-0.1, -0.05) is 188 Å². The second-order valence-electron chi connectivity index (χ2n) is 15.5. The lowest BCUT2D eigenvalue weighted by atomic mass is 9.65. The van der Waals surface area contributed by atoms with Gasteiger partial charge in [0, 0.05) is 11.1 Å². The second-order valence-corrected chi connectivity index (χ2v) is 15.5. The van der Waals surface area contributed by atoms with E-state index in [-0.39, 0.29) is 0 Å². The number of para-hydroxylation sites is 1. The Morgan fingerprint density at radius 2 is 0.893 bits per heavy atom. The highest BCUT2D eigenvalue weighted by atomic mass is 16.5. The van der Waals surface area contributed by atoms with Crippen LogP contribution in [0.3, 0.4) is 0 Å². The molecule has 1 nitrogen and oxygen atoms in total. The molecule has 0 amide bonds. The van der Waals surface area contributed by atoms with E-state index in [1.807, 2.05) is 0 Å². The Morgan fingerprint density at radius 1 is 0.357 bits per heavy atom. The maximum Gasteiger partial charge on any atom is 0.132 e. The van der Waals surface area contributed by atoms with E-state index in [0.717, 1.165) is 22.6 Å². The van der Waals surface area contributed by atoms with Crippen LogP contribution in [0.25, 0.3) is 44.2 Å². The normalized spacial score (nSPS) is 16.3. The van der Waals surface area contributed by atoms with Crippen LogP contribution in [0.1, 0.15) is 50.1 Å². The third kappa shape index (κ3) is 3.94. The maximum absolute atomic E-state index is 6.87. The van der Waals surface area contributed by atoms with Gasteiger partial charge in [-0.3, -0.25) is 0 Å². The molecule has 56 heavy (non-hydrogen) atoms. The lowest BCUT2D eigenvalue weighted by Crippen LogP contribution is -2.32. The molecule has 0 aromatic heterocycles. The summed E-state index contributed by atoms with van der Waals surface area (Å²) in [6.07, 6.45) is 0. The number of aryl methyl sites for hydroxylation is 1. The van der Waals surface area contributed by atoms with E-state index in [2.05, 4.69) is 207 Å². The van der Waals surface area contributed by atoms with Gasteiger partial charge in [-0.05, 0) is 102 Å². The number of hydrogen-bond acceptors (Lipinski definition) is 1. The van der Waals surface area contributed by atoms with Gasteiger partial charge < -0.3 is 4.74 Å². The summed E-state index contributed by atoms with van der Waals surface area (Å²) in [5.41, 5.74) is 18.1. The highest BCUT2D eigenvalue weighted by Gasteiger charge is 2.51. The minimum absolute atomic E-state index is 0.467. The summed E-state index contributed by atoms with van der Waals surface area (Å²) >= 11 is 0. The standard InChI is InChI=1S/C55H36O/c1-35-14-2-8-20-45(35)54(46-21-9-7-19-43(46)44-32-28-37-15-3-4-16-40(37)53(44)54)39-30-26-36(27-31-39)38-29-33-50-52(34-38)56-51-25-13-12-24-49(51)55(50)47-22-10-5-17-41(47)42-18-6-11-23-48(42)55/h2-34H,1H3. The highest BCUT2D eigenvalue weighted by molar-refractivity contribution is 6.00. The predicted octanol–water partition coefficient (Wildman–Crippen LogP) is 13.6. The van der Waals surface area contributed by atoms with Crippen molar-refractivity contribution in [1.82, 2.24) is 0 Å². The molecule has 1 unspecified atom stereocenters. The lowest BCUT2D eigenvalue weighted by molar-refractivity contribution is 0.436. The average molecular weight is 713 g/mol. The molecule has 1 heteroatoms. The molecule has 1 spiro atoms. The van der Waals surface area contributed by atoms with Crippen molar-refractivity contribution in [3.63, 3.8) is 0 Å². The summed E-state index contributed by atoms with van der Waals surface area (Å²) in [6, 6.07) is 74.1.